The summed E-state index contributed by atoms with van der Waals surface area (Å²) in [6, 6.07) is 0. The second-order valence-corrected chi connectivity index (χ2v) is 3.02. The molecule has 70 valence electrons. The molecule has 0 aromatic heterocycles. The van der Waals surface area contributed by atoms with Crippen molar-refractivity contribution in [2.75, 3.05) is 26.9 Å². The van der Waals surface area contributed by atoms with E-state index in [9.17, 15) is 4.79 Å². The fourth-order valence-electron chi connectivity index (χ4n) is 1.46. The lowest BCUT2D eigenvalue weighted by Crippen LogP contribution is -2.28. The molecular weight excluding hydrogens is 160 g/mol. The van der Waals surface area contributed by atoms with Crippen molar-refractivity contribution in [1.82, 2.24) is 0 Å². The van der Waals surface area contributed by atoms with Crippen molar-refractivity contribution in [3.05, 3.63) is 0 Å². The standard InChI is InChI=1S/C8H14O4/c1-11-5-7(8(9)10)6-2-3-12-4-6/h6-7H,2-5H2,1H3,(H,9,10). The van der Waals surface area contributed by atoms with Gasteiger partial charge in [0, 0.05) is 13.7 Å². The second kappa shape index (κ2) is 4.42. The molecular formula is C8H14O4. The molecule has 0 spiro atoms. The molecule has 12 heavy (non-hydrogen) atoms. The zero-order chi connectivity index (χ0) is 8.97. The van der Waals surface area contributed by atoms with Crippen LogP contribution in [-0.4, -0.2) is 38.0 Å². The van der Waals surface area contributed by atoms with Crippen LogP contribution >= 0.6 is 0 Å². The van der Waals surface area contributed by atoms with E-state index >= 15 is 0 Å². The van der Waals surface area contributed by atoms with Crippen molar-refractivity contribution in [2.24, 2.45) is 11.8 Å². The molecule has 0 saturated carbocycles. The Balaban J connectivity index is 2.45. The van der Waals surface area contributed by atoms with E-state index in [4.69, 9.17) is 14.6 Å². The Bertz CT molecular complexity index is 151. The number of aliphatic carboxylic acids is 1. The van der Waals surface area contributed by atoms with Crippen LogP contribution in [0.4, 0.5) is 0 Å². The molecule has 1 aliphatic rings. The smallest absolute Gasteiger partial charge is 0.309 e. The highest BCUT2D eigenvalue weighted by molar-refractivity contribution is 5.70. The van der Waals surface area contributed by atoms with E-state index in [-0.39, 0.29) is 12.5 Å². The van der Waals surface area contributed by atoms with Crippen molar-refractivity contribution in [2.45, 2.75) is 6.42 Å². The molecule has 0 amide bonds. The summed E-state index contributed by atoms with van der Waals surface area (Å²) in [5.74, 6) is -1.06. The summed E-state index contributed by atoms with van der Waals surface area (Å²) in [4.78, 5) is 10.7. The topological polar surface area (TPSA) is 55.8 Å². The summed E-state index contributed by atoms with van der Waals surface area (Å²) in [7, 11) is 1.52. The Hall–Kier alpha value is -0.610. The first-order chi connectivity index (χ1) is 5.75. The van der Waals surface area contributed by atoms with Crippen LogP contribution in [0.3, 0.4) is 0 Å². The van der Waals surface area contributed by atoms with Gasteiger partial charge in [-0.3, -0.25) is 4.79 Å². The average molecular weight is 174 g/mol. The predicted octanol–water partition coefficient (Wildman–Crippen LogP) is 0.370. The third-order valence-electron chi connectivity index (χ3n) is 2.20. The minimum absolute atomic E-state index is 0.127. The Morgan fingerprint density at radius 2 is 2.58 bits per heavy atom. The molecule has 1 rings (SSSR count). The van der Waals surface area contributed by atoms with E-state index in [2.05, 4.69) is 0 Å². The maximum Gasteiger partial charge on any atom is 0.309 e. The van der Waals surface area contributed by atoms with Crippen LogP contribution in [0.2, 0.25) is 0 Å². The lowest BCUT2D eigenvalue weighted by molar-refractivity contribution is -0.145. The Morgan fingerprint density at radius 1 is 1.83 bits per heavy atom. The van der Waals surface area contributed by atoms with Gasteiger partial charge >= 0.3 is 5.97 Å². The molecule has 0 bridgehead atoms. The molecule has 2 atom stereocenters. The fourth-order valence-corrected chi connectivity index (χ4v) is 1.46. The van der Waals surface area contributed by atoms with Crippen LogP contribution in [-0.2, 0) is 14.3 Å². The number of rotatable bonds is 4. The monoisotopic (exact) mass is 174 g/mol. The molecule has 2 unspecified atom stereocenters. The summed E-state index contributed by atoms with van der Waals surface area (Å²) in [5.41, 5.74) is 0. The molecule has 0 aromatic rings. The van der Waals surface area contributed by atoms with Crippen LogP contribution in [0.5, 0.6) is 0 Å². The van der Waals surface area contributed by atoms with Crippen molar-refractivity contribution in [3.63, 3.8) is 0 Å². The fraction of sp³-hybridized carbons (Fsp3) is 0.875. The maximum atomic E-state index is 10.7. The number of carbonyl (C=O) groups is 1. The molecule has 4 nitrogen and oxygen atoms in total. The highest BCUT2D eigenvalue weighted by Gasteiger charge is 2.30. The summed E-state index contributed by atoms with van der Waals surface area (Å²) >= 11 is 0. The van der Waals surface area contributed by atoms with Gasteiger partial charge in [0.1, 0.15) is 0 Å². The lowest BCUT2D eigenvalue weighted by atomic mass is 9.92. The van der Waals surface area contributed by atoms with Crippen LogP contribution in [0.1, 0.15) is 6.42 Å². The van der Waals surface area contributed by atoms with E-state index in [0.29, 0.717) is 13.2 Å². The first kappa shape index (κ1) is 9.48. The van der Waals surface area contributed by atoms with E-state index in [0.717, 1.165) is 6.42 Å². The van der Waals surface area contributed by atoms with Gasteiger partial charge in [0.2, 0.25) is 0 Å². The second-order valence-electron chi connectivity index (χ2n) is 3.02. The normalized spacial score (nSPS) is 25.6. The largest absolute Gasteiger partial charge is 0.481 e. The molecule has 1 saturated heterocycles. The highest BCUT2D eigenvalue weighted by Crippen LogP contribution is 2.22. The quantitative estimate of drug-likeness (QED) is 0.669. The number of methoxy groups -OCH3 is 1. The van der Waals surface area contributed by atoms with Gasteiger partial charge in [0.25, 0.3) is 0 Å². The van der Waals surface area contributed by atoms with Crippen molar-refractivity contribution < 1.29 is 19.4 Å². The van der Waals surface area contributed by atoms with Crippen LogP contribution in [0, 0.1) is 11.8 Å². The number of hydrogen-bond donors (Lipinski definition) is 1. The third-order valence-corrected chi connectivity index (χ3v) is 2.20. The molecule has 4 heteroatoms. The minimum atomic E-state index is -0.785. The highest BCUT2D eigenvalue weighted by atomic mass is 16.5. The zero-order valence-electron chi connectivity index (χ0n) is 7.16. The van der Waals surface area contributed by atoms with Gasteiger partial charge in [0.05, 0.1) is 19.1 Å². The molecule has 0 aromatic carbocycles. The number of carboxylic acids is 1. The number of hydrogen-bond acceptors (Lipinski definition) is 3. The van der Waals surface area contributed by atoms with E-state index < -0.39 is 11.9 Å². The molecule has 1 heterocycles. The first-order valence-corrected chi connectivity index (χ1v) is 4.05. The summed E-state index contributed by atoms with van der Waals surface area (Å²) in [5, 5.41) is 8.83. The predicted molar refractivity (Wildman–Crippen MR) is 41.9 cm³/mol. The Morgan fingerprint density at radius 3 is 3.00 bits per heavy atom. The Kier molecular flexibility index (Phi) is 3.49. The number of ether oxygens (including phenoxy) is 2. The number of carboxylic acid groups (broad SMARTS) is 1. The van der Waals surface area contributed by atoms with Gasteiger partial charge in [-0.1, -0.05) is 0 Å². The van der Waals surface area contributed by atoms with E-state index in [1.165, 1.54) is 7.11 Å². The summed E-state index contributed by atoms with van der Waals surface area (Å²) in [6.45, 7) is 1.52. The molecule has 1 N–H and O–H groups in total. The van der Waals surface area contributed by atoms with Crippen molar-refractivity contribution in [3.8, 4) is 0 Å². The summed E-state index contributed by atoms with van der Waals surface area (Å²) in [6.07, 6.45) is 0.834. The van der Waals surface area contributed by atoms with E-state index in [1.54, 1.807) is 0 Å². The molecule has 1 aliphatic heterocycles. The summed E-state index contributed by atoms with van der Waals surface area (Å²) < 4.78 is 9.96. The first-order valence-electron chi connectivity index (χ1n) is 4.05. The molecule has 1 fully saturated rings. The van der Waals surface area contributed by atoms with Gasteiger partial charge in [-0.2, -0.15) is 0 Å². The minimum Gasteiger partial charge on any atom is -0.481 e. The van der Waals surface area contributed by atoms with Crippen molar-refractivity contribution >= 4 is 5.97 Å². The molecule has 0 aliphatic carbocycles. The van der Waals surface area contributed by atoms with Gasteiger partial charge in [-0.05, 0) is 12.3 Å². The maximum absolute atomic E-state index is 10.7. The van der Waals surface area contributed by atoms with Crippen molar-refractivity contribution in [1.29, 1.82) is 0 Å². The Labute approximate surface area is 71.5 Å². The SMILES string of the molecule is COCC(C(=O)O)C1CCOC1. The van der Waals surface area contributed by atoms with Crippen LogP contribution < -0.4 is 0 Å². The zero-order valence-corrected chi connectivity index (χ0v) is 7.16. The van der Waals surface area contributed by atoms with Gasteiger partial charge in [-0.25, -0.2) is 0 Å². The average Bonchev–Trinajstić information content (AvgIpc) is 2.51. The molecule has 0 radical (unpaired) electrons. The van der Waals surface area contributed by atoms with E-state index in [1.807, 2.05) is 0 Å². The van der Waals surface area contributed by atoms with Gasteiger partial charge in [0.15, 0.2) is 0 Å². The van der Waals surface area contributed by atoms with Gasteiger partial charge < -0.3 is 14.6 Å². The van der Waals surface area contributed by atoms with Crippen LogP contribution in [0.25, 0.3) is 0 Å². The van der Waals surface area contributed by atoms with Gasteiger partial charge in [-0.15, -0.1) is 0 Å². The van der Waals surface area contributed by atoms with Crippen LogP contribution in [0.15, 0.2) is 0 Å². The third kappa shape index (κ3) is 2.19. The lowest BCUT2D eigenvalue weighted by Gasteiger charge is -2.16.